The van der Waals surface area contributed by atoms with Crippen LogP contribution >= 0.6 is 0 Å². The zero-order chi connectivity index (χ0) is 17.7. The number of phenols is 1. The molecule has 0 atom stereocenters. The molecule has 2 aromatic rings. The van der Waals surface area contributed by atoms with E-state index in [9.17, 15) is 9.90 Å². The van der Waals surface area contributed by atoms with Gasteiger partial charge in [-0.05, 0) is 54.8 Å². The molecular weight excluding hydrogens is 308 g/mol. The number of benzene rings is 2. The molecule has 0 bridgehead atoms. The molecule has 0 saturated heterocycles. The highest BCUT2D eigenvalue weighted by Crippen LogP contribution is 2.23. The Morgan fingerprint density at radius 3 is 2.08 bits per heavy atom. The maximum atomic E-state index is 12.2. The van der Waals surface area contributed by atoms with Gasteiger partial charge in [0.2, 0.25) is 0 Å². The van der Waals surface area contributed by atoms with Crippen LogP contribution in [0, 0.1) is 13.8 Å². The van der Waals surface area contributed by atoms with E-state index >= 15 is 0 Å². The molecule has 0 aliphatic heterocycles. The number of nitrogens with one attached hydrogen (secondary N) is 1. The number of amides is 1. The highest BCUT2D eigenvalue weighted by Gasteiger charge is 2.09. The first-order chi connectivity index (χ1) is 11.4. The van der Waals surface area contributed by atoms with E-state index in [1.54, 1.807) is 44.2 Å². The lowest BCUT2D eigenvalue weighted by Gasteiger charge is -2.07. The first-order valence-corrected chi connectivity index (χ1v) is 7.31. The predicted octanol–water partition coefficient (Wildman–Crippen LogP) is 2.79. The Balaban J connectivity index is 2.13. The minimum atomic E-state index is -0.379. The largest absolute Gasteiger partial charge is 0.507 e. The highest BCUT2D eigenvalue weighted by molar-refractivity contribution is 5.95. The van der Waals surface area contributed by atoms with Gasteiger partial charge in [-0.15, -0.1) is 0 Å². The lowest BCUT2D eigenvalue weighted by atomic mass is 10.1. The number of ether oxygens (including phenoxy) is 2. The smallest absolute Gasteiger partial charge is 0.271 e. The number of hydrogen-bond acceptors (Lipinski definition) is 5. The van der Waals surface area contributed by atoms with Crippen molar-refractivity contribution in [1.82, 2.24) is 5.43 Å². The molecule has 0 heterocycles. The number of carbonyl (C=O) groups is 1. The van der Waals surface area contributed by atoms with Gasteiger partial charge in [-0.2, -0.15) is 5.10 Å². The second-order valence-electron chi connectivity index (χ2n) is 5.30. The average Bonchev–Trinajstić information content (AvgIpc) is 2.58. The van der Waals surface area contributed by atoms with Crippen LogP contribution in [0.2, 0.25) is 0 Å². The van der Waals surface area contributed by atoms with Gasteiger partial charge in [0.25, 0.3) is 5.91 Å². The van der Waals surface area contributed by atoms with Crippen molar-refractivity contribution < 1.29 is 19.4 Å². The number of nitrogens with zero attached hydrogens (tertiary/aromatic N) is 1. The third-order valence-corrected chi connectivity index (χ3v) is 3.51. The van der Waals surface area contributed by atoms with Crippen LogP contribution in [0.4, 0.5) is 0 Å². The highest BCUT2D eigenvalue weighted by atomic mass is 16.5. The molecule has 0 aliphatic rings. The van der Waals surface area contributed by atoms with Crippen molar-refractivity contribution in [2.75, 3.05) is 14.2 Å². The number of hydrazone groups is 1. The van der Waals surface area contributed by atoms with Crippen molar-refractivity contribution in [3.05, 3.63) is 52.6 Å². The topological polar surface area (TPSA) is 80.2 Å². The fourth-order valence-electron chi connectivity index (χ4n) is 2.23. The Kier molecular flexibility index (Phi) is 5.42. The molecule has 0 aliphatic carbocycles. The number of carbonyl (C=O) groups excluding carboxylic acids is 1. The summed E-state index contributed by atoms with van der Waals surface area (Å²) in [5, 5.41) is 13.7. The van der Waals surface area contributed by atoms with Crippen molar-refractivity contribution in [1.29, 1.82) is 0 Å². The Labute approximate surface area is 140 Å². The molecule has 0 saturated carbocycles. The van der Waals surface area contributed by atoms with Crippen LogP contribution in [0.5, 0.6) is 17.2 Å². The fraction of sp³-hybridized carbons (Fsp3) is 0.222. The summed E-state index contributed by atoms with van der Waals surface area (Å²) in [4.78, 5) is 12.2. The van der Waals surface area contributed by atoms with E-state index in [2.05, 4.69) is 10.5 Å². The Morgan fingerprint density at radius 1 is 1.04 bits per heavy atom. The first kappa shape index (κ1) is 17.3. The van der Waals surface area contributed by atoms with Crippen molar-refractivity contribution in [3.63, 3.8) is 0 Å². The number of phenolic OH excluding ortho intramolecular Hbond substituents is 1. The Hall–Kier alpha value is -3.02. The van der Waals surface area contributed by atoms with Gasteiger partial charge in [0.1, 0.15) is 17.2 Å². The SMILES string of the molecule is COc1cc(OC)cc(C(=O)N/N=C/c2cc(C)c(O)c(C)c2)c1. The zero-order valence-corrected chi connectivity index (χ0v) is 14.1. The maximum Gasteiger partial charge on any atom is 0.271 e. The van der Waals surface area contributed by atoms with Gasteiger partial charge in [-0.25, -0.2) is 5.43 Å². The zero-order valence-electron chi connectivity index (χ0n) is 14.1. The number of hydrogen-bond donors (Lipinski definition) is 2. The van der Waals surface area contributed by atoms with Crippen LogP contribution in [-0.2, 0) is 0 Å². The summed E-state index contributed by atoms with van der Waals surface area (Å²) in [6, 6.07) is 8.45. The lowest BCUT2D eigenvalue weighted by molar-refractivity contribution is 0.0954. The first-order valence-electron chi connectivity index (χ1n) is 7.31. The second kappa shape index (κ2) is 7.50. The standard InChI is InChI=1S/C18H20N2O4/c1-11-5-13(6-12(2)17(11)21)10-19-20-18(22)14-7-15(23-3)9-16(8-14)24-4/h5-10,21H,1-4H3,(H,20,22)/b19-10+. The van der Waals surface area contributed by atoms with Crippen LogP contribution < -0.4 is 14.9 Å². The quantitative estimate of drug-likeness (QED) is 0.653. The molecule has 126 valence electrons. The molecule has 24 heavy (non-hydrogen) atoms. The van der Waals surface area contributed by atoms with E-state index in [4.69, 9.17) is 9.47 Å². The summed E-state index contributed by atoms with van der Waals surface area (Å²) < 4.78 is 10.3. The van der Waals surface area contributed by atoms with E-state index in [0.29, 0.717) is 17.1 Å². The molecule has 6 nitrogen and oxygen atoms in total. The van der Waals surface area contributed by atoms with Crippen LogP contribution in [-0.4, -0.2) is 31.4 Å². The lowest BCUT2D eigenvalue weighted by Crippen LogP contribution is -2.17. The number of aromatic hydroxyl groups is 1. The molecule has 6 heteroatoms. The van der Waals surface area contributed by atoms with Crippen molar-refractivity contribution in [3.8, 4) is 17.2 Å². The molecule has 0 aromatic heterocycles. The summed E-state index contributed by atoms with van der Waals surface area (Å²) in [5.74, 6) is 0.928. The van der Waals surface area contributed by atoms with Crippen molar-refractivity contribution >= 4 is 12.1 Å². The third-order valence-electron chi connectivity index (χ3n) is 3.51. The monoisotopic (exact) mass is 328 g/mol. The predicted molar refractivity (Wildman–Crippen MR) is 92.2 cm³/mol. The van der Waals surface area contributed by atoms with E-state index in [1.165, 1.54) is 20.4 Å². The summed E-state index contributed by atoms with van der Waals surface area (Å²) in [6.45, 7) is 3.61. The summed E-state index contributed by atoms with van der Waals surface area (Å²) in [5.41, 5.74) is 5.12. The molecule has 0 radical (unpaired) electrons. The van der Waals surface area contributed by atoms with Gasteiger partial charge >= 0.3 is 0 Å². The molecule has 0 spiro atoms. The average molecular weight is 328 g/mol. The van der Waals surface area contributed by atoms with E-state index < -0.39 is 0 Å². The molecule has 0 unspecified atom stereocenters. The van der Waals surface area contributed by atoms with Gasteiger partial charge in [-0.1, -0.05) is 0 Å². The minimum Gasteiger partial charge on any atom is -0.507 e. The molecule has 0 fully saturated rings. The molecule has 1 amide bonds. The van der Waals surface area contributed by atoms with E-state index in [1.807, 2.05) is 0 Å². The number of aryl methyl sites for hydroxylation is 2. The van der Waals surface area contributed by atoms with Crippen LogP contribution in [0.25, 0.3) is 0 Å². The van der Waals surface area contributed by atoms with Gasteiger partial charge in [0.15, 0.2) is 0 Å². The number of methoxy groups -OCH3 is 2. The van der Waals surface area contributed by atoms with Crippen LogP contribution in [0.3, 0.4) is 0 Å². The van der Waals surface area contributed by atoms with Crippen molar-refractivity contribution in [2.45, 2.75) is 13.8 Å². The van der Waals surface area contributed by atoms with Gasteiger partial charge < -0.3 is 14.6 Å². The maximum absolute atomic E-state index is 12.2. The van der Waals surface area contributed by atoms with Crippen LogP contribution in [0.15, 0.2) is 35.4 Å². The minimum absolute atomic E-state index is 0.264. The molecular formula is C18H20N2O4. The second-order valence-corrected chi connectivity index (χ2v) is 5.30. The molecule has 2 rings (SSSR count). The van der Waals surface area contributed by atoms with Gasteiger partial charge in [0.05, 0.1) is 20.4 Å². The fourth-order valence-corrected chi connectivity index (χ4v) is 2.23. The van der Waals surface area contributed by atoms with E-state index in [-0.39, 0.29) is 11.7 Å². The molecule has 2 aromatic carbocycles. The number of rotatable bonds is 5. The summed E-state index contributed by atoms with van der Waals surface area (Å²) in [6.07, 6.45) is 1.52. The molecule has 2 N–H and O–H groups in total. The van der Waals surface area contributed by atoms with Gasteiger partial charge in [-0.3, -0.25) is 4.79 Å². The Bertz CT molecular complexity index is 739. The van der Waals surface area contributed by atoms with Gasteiger partial charge in [0, 0.05) is 11.6 Å². The Morgan fingerprint density at radius 2 is 1.58 bits per heavy atom. The van der Waals surface area contributed by atoms with Crippen LogP contribution in [0.1, 0.15) is 27.0 Å². The third kappa shape index (κ3) is 4.04. The van der Waals surface area contributed by atoms with E-state index in [0.717, 1.165) is 16.7 Å². The van der Waals surface area contributed by atoms with Crippen molar-refractivity contribution in [2.24, 2.45) is 5.10 Å². The summed E-state index contributed by atoms with van der Waals surface area (Å²) >= 11 is 0. The summed E-state index contributed by atoms with van der Waals surface area (Å²) in [7, 11) is 3.04. The normalized spacial score (nSPS) is 10.7.